The number of rotatable bonds is 5. The lowest BCUT2D eigenvalue weighted by Crippen LogP contribution is -2.46. The van der Waals surface area contributed by atoms with E-state index in [-0.39, 0.29) is 11.6 Å². The maximum atomic E-state index is 11.3. The lowest BCUT2D eigenvalue weighted by molar-refractivity contribution is 0.232. The van der Waals surface area contributed by atoms with Crippen molar-refractivity contribution in [1.29, 1.82) is 0 Å². The van der Waals surface area contributed by atoms with Crippen LogP contribution in [0, 0.1) is 0 Å². The summed E-state index contributed by atoms with van der Waals surface area (Å²) in [7, 11) is 0. The van der Waals surface area contributed by atoms with Crippen molar-refractivity contribution in [3.05, 3.63) is 0 Å². The molecule has 1 fully saturated rings. The molecule has 0 atom stereocenters. The van der Waals surface area contributed by atoms with Crippen LogP contribution >= 0.6 is 0 Å². The van der Waals surface area contributed by atoms with Crippen LogP contribution in [0.2, 0.25) is 0 Å². The normalized spacial score (nSPS) is 16.2. The fourth-order valence-corrected chi connectivity index (χ4v) is 1.27. The summed E-state index contributed by atoms with van der Waals surface area (Å²) in [6.45, 7) is 7.66. The zero-order chi connectivity index (χ0) is 11.3. The van der Waals surface area contributed by atoms with Gasteiger partial charge in [0.2, 0.25) is 0 Å². The van der Waals surface area contributed by atoms with Gasteiger partial charge in [-0.05, 0) is 46.6 Å². The minimum atomic E-state index is -0.156. The Balaban J connectivity index is 1.91. The van der Waals surface area contributed by atoms with E-state index in [0.717, 1.165) is 25.6 Å². The predicted octanol–water partition coefficient (Wildman–Crippen LogP) is 1.23. The van der Waals surface area contributed by atoms with Gasteiger partial charge >= 0.3 is 6.03 Å². The van der Waals surface area contributed by atoms with Crippen LogP contribution in [-0.4, -0.2) is 30.7 Å². The Bertz CT molecular complexity index is 206. The smallest absolute Gasteiger partial charge is 0.315 e. The van der Waals surface area contributed by atoms with Crippen molar-refractivity contribution in [3.63, 3.8) is 0 Å². The maximum Gasteiger partial charge on any atom is 0.315 e. The number of carbonyl (C=O) groups excluding carboxylic acids is 1. The second-order valence-corrected chi connectivity index (χ2v) is 5.21. The van der Waals surface area contributed by atoms with E-state index in [1.807, 2.05) is 20.8 Å². The number of nitrogens with one attached hydrogen (secondary N) is 3. The highest BCUT2D eigenvalue weighted by Crippen LogP contribution is 2.18. The highest BCUT2D eigenvalue weighted by Gasteiger charge is 2.19. The Hall–Kier alpha value is -0.770. The Labute approximate surface area is 92.2 Å². The van der Waals surface area contributed by atoms with Crippen molar-refractivity contribution in [2.75, 3.05) is 13.1 Å². The van der Waals surface area contributed by atoms with Gasteiger partial charge in [0.15, 0.2) is 0 Å². The first kappa shape index (κ1) is 12.3. The zero-order valence-corrected chi connectivity index (χ0v) is 10.0. The molecule has 1 saturated carbocycles. The van der Waals surface area contributed by atoms with Crippen LogP contribution in [0.1, 0.15) is 40.0 Å². The Kier molecular flexibility index (Phi) is 4.39. The van der Waals surface area contributed by atoms with E-state index < -0.39 is 0 Å². The molecule has 0 heterocycles. The average molecular weight is 213 g/mol. The molecule has 4 nitrogen and oxygen atoms in total. The number of hydrogen-bond acceptors (Lipinski definition) is 2. The topological polar surface area (TPSA) is 53.2 Å². The van der Waals surface area contributed by atoms with Gasteiger partial charge < -0.3 is 16.0 Å². The van der Waals surface area contributed by atoms with Gasteiger partial charge in [-0.25, -0.2) is 4.79 Å². The van der Waals surface area contributed by atoms with Crippen molar-refractivity contribution in [2.45, 2.75) is 51.6 Å². The van der Waals surface area contributed by atoms with Crippen LogP contribution in [0.3, 0.4) is 0 Å². The quantitative estimate of drug-likeness (QED) is 0.602. The van der Waals surface area contributed by atoms with Crippen LogP contribution in [-0.2, 0) is 0 Å². The predicted molar refractivity (Wildman–Crippen MR) is 61.9 cm³/mol. The molecule has 0 spiro atoms. The largest absolute Gasteiger partial charge is 0.338 e. The number of carbonyl (C=O) groups is 1. The summed E-state index contributed by atoms with van der Waals surface area (Å²) in [4.78, 5) is 11.3. The molecule has 0 aromatic carbocycles. The SMILES string of the molecule is CC(C)(C)NC(=O)NCCCNC1CC1. The fraction of sp³-hybridized carbons (Fsp3) is 0.909. The van der Waals surface area contributed by atoms with Crippen molar-refractivity contribution < 1.29 is 4.79 Å². The van der Waals surface area contributed by atoms with E-state index >= 15 is 0 Å². The van der Waals surface area contributed by atoms with Crippen molar-refractivity contribution in [3.8, 4) is 0 Å². The van der Waals surface area contributed by atoms with Gasteiger partial charge in [0.1, 0.15) is 0 Å². The van der Waals surface area contributed by atoms with Gasteiger partial charge in [0.25, 0.3) is 0 Å². The monoisotopic (exact) mass is 213 g/mol. The maximum absolute atomic E-state index is 11.3. The summed E-state index contributed by atoms with van der Waals surface area (Å²) in [5, 5.41) is 9.11. The first-order valence-electron chi connectivity index (χ1n) is 5.77. The first-order valence-corrected chi connectivity index (χ1v) is 5.77. The van der Waals surface area contributed by atoms with Crippen LogP contribution < -0.4 is 16.0 Å². The standard InChI is InChI=1S/C11H23N3O/c1-11(2,3)14-10(15)13-8-4-7-12-9-5-6-9/h9,12H,4-8H2,1-3H3,(H2,13,14,15). The minimum absolute atomic E-state index is 0.0751. The number of urea groups is 1. The fourth-order valence-electron chi connectivity index (χ4n) is 1.27. The van der Waals surface area contributed by atoms with E-state index in [0.29, 0.717) is 0 Å². The molecule has 4 heteroatoms. The average Bonchev–Trinajstić information content (AvgIpc) is 2.83. The summed E-state index contributed by atoms with van der Waals surface area (Å²) in [5.41, 5.74) is -0.156. The summed E-state index contributed by atoms with van der Waals surface area (Å²) in [6.07, 6.45) is 3.63. The molecular formula is C11H23N3O. The second-order valence-electron chi connectivity index (χ2n) is 5.21. The summed E-state index contributed by atoms with van der Waals surface area (Å²) >= 11 is 0. The Morgan fingerprint density at radius 1 is 1.27 bits per heavy atom. The molecule has 2 amide bonds. The molecule has 0 aromatic rings. The zero-order valence-electron chi connectivity index (χ0n) is 10.0. The molecule has 0 bridgehead atoms. The van der Waals surface area contributed by atoms with E-state index in [2.05, 4.69) is 16.0 Å². The highest BCUT2D eigenvalue weighted by molar-refractivity contribution is 5.74. The lowest BCUT2D eigenvalue weighted by Gasteiger charge is -2.20. The molecule has 0 aromatic heterocycles. The summed E-state index contributed by atoms with van der Waals surface area (Å²) in [5.74, 6) is 0. The third kappa shape index (κ3) is 7.19. The van der Waals surface area contributed by atoms with Gasteiger partial charge in [-0.1, -0.05) is 0 Å². The molecule has 0 radical (unpaired) electrons. The first-order chi connectivity index (χ1) is 6.97. The molecule has 88 valence electrons. The molecule has 1 aliphatic rings. The number of amides is 2. The van der Waals surface area contributed by atoms with Crippen LogP contribution in [0.4, 0.5) is 4.79 Å². The minimum Gasteiger partial charge on any atom is -0.338 e. The van der Waals surface area contributed by atoms with Gasteiger partial charge in [-0.2, -0.15) is 0 Å². The van der Waals surface area contributed by atoms with Crippen LogP contribution in [0.5, 0.6) is 0 Å². The molecule has 1 aliphatic carbocycles. The molecule has 0 saturated heterocycles. The van der Waals surface area contributed by atoms with Crippen LogP contribution in [0.25, 0.3) is 0 Å². The molecule has 0 aliphatic heterocycles. The van der Waals surface area contributed by atoms with Crippen LogP contribution in [0.15, 0.2) is 0 Å². The van der Waals surface area contributed by atoms with Gasteiger partial charge in [0.05, 0.1) is 0 Å². The summed E-state index contributed by atoms with van der Waals surface area (Å²) < 4.78 is 0. The van der Waals surface area contributed by atoms with E-state index in [1.165, 1.54) is 12.8 Å². The molecule has 1 rings (SSSR count). The Morgan fingerprint density at radius 2 is 1.93 bits per heavy atom. The molecule has 0 unspecified atom stereocenters. The molecular weight excluding hydrogens is 190 g/mol. The Morgan fingerprint density at radius 3 is 2.47 bits per heavy atom. The van der Waals surface area contributed by atoms with Crippen molar-refractivity contribution >= 4 is 6.03 Å². The third-order valence-electron chi connectivity index (χ3n) is 2.14. The lowest BCUT2D eigenvalue weighted by atomic mass is 10.1. The van der Waals surface area contributed by atoms with Gasteiger partial charge in [0, 0.05) is 18.1 Å². The summed E-state index contributed by atoms with van der Waals surface area (Å²) in [6, 6.07) is 0.683. The van der Waals surface area contributed by atoms with Gasteiger partial charge in [-0.15, -0.1) is 0 Å². The van der Waals surface area contributed by atoms with E-state index in [1.54, 1.807) is 0 Å². The van der Waals surface area contributed by atoms with Gasteiger partial charge in [-0.3, -0.25) is 0 Å². The highest BCUT2D eigenvalue weighted by atomic mass is 16.2. The van der Waals surface area contributed by atoms with Crippen molar-refractivity contribution in [2.24, 2.45) is 0 Å². The molecule has 15 heavy (non-hydrogen) atoms. The number of hydrogen-bond donors (Lipinski definition) is 3. The van der Waals surface area contributed by atoms with Crippen molar-refractivity contribution in [1.82, 2.24) is 16.0 Å². The van der Waals surface area contributed by atoms with E-state index in [9.17, 15) is 4.79 Å². The second kappa shape index (κ2) is 5.35. The van der Waals surface area contributed by atoms with E-state index in [4.69, 9.17) is 0 Å². The third-order valence-corrected chi connectivity index (χ3v) is 2.14. The molecule has 3 N–H and O–H groups in total.